The molecule has 0 radical (unpaired) electrons. The molecule has 1 N–H and O–H groups in total. The summed E-state index contributed by atoms with van der Waals surface area (Å²) in [4.78, 5) is 14.3. The maximum Gasteiger partial charge on any atom is 0.407 e. The zero-order valence-electron chi connectivity index (χ0n) is 13.7. The number of carbonyl (C=O) groups is 1. The molecule has 0 unspecified atom stereocenters. The van der Waals surface area contributed by atoms with Crippen LogP contribution in [0.4, 0.5) is 4.79 Å². The van der Waals surface area contributed by atoms with Gasteiger partial charge < -0.3 is 10.1 Å². The van der Waals surface area contributed by atoms with E-state index in [1.807, 2.05) is 20.8 Å². The maximum atomic E-state index is 11.9. The Kier molecular flexibility index (Phi) is 6.06. The SMILES string of the molecule is C=C(C)CN1CCCC[C@@H]1[C@H](C)NC(=O)OC(C)(C)C. The first kappa shape index (κ1) is 17.0. The van der Waals surface area contributed by atoms with Crippen LogP contribution in [0.1, 0.15) is 53.9 Å². The lowest BCUT2D eigenvalue weighted by Gasteiger charge is -2.39. The molecule has 116 valence electrons. The van der Waals surface area contributed by atoms with Crippen LogP contribution in [0.2, 0.25) is 0 Å². The summed E-state index contributed by atoms with van der Waals surface area (Å²) in [5.41, 5.74) is 0.717. The largest absolute Gasteiger partial charge is 0.444 e. The van der Waals surface area contributed by atoms with Crippen molar-refractivity contribution in [3.63, 3.8) is 0 Å². The molecule has 4 heteroatoms. The summed E-state index contributed by atoms with van der Waals surface area (Å²) in [7, 11) is 0. The second-order valence-corrected chi connectivity index (χ2v) is 6.93. The Balaban J connectivity index is 2.56. The average molecular weight is 282 g/mol. The average Bonchev–Trinajstić information content (AvgIpc) is 2.25. The minimum atomic E-state index is -0.451. The number of likely N-dealkylation sites (tertiary alicyclic amines) is 1. The fourth-order valence-corrected chi connectivity index (χ4v) is 2.72. The van der Waals surface area contributed by atoms with Crippen LogP contribution in [0.3, 0.4) is 0 Å². The molecule has 2 atom stereocenters. The second kappa shape index (κ2) is 7.11. The first-order chi connectivity index (χ1) is 9.19. The summed E-state index contributed by atoms with van der Waals surface area (Å²) in [6.45, 7) is 15.7. The number of nitrogens with one attached hydrogen (secondary N) is 1. The van der Waals surface area contributed by atoms with Crippen molar-refractivity contribution in [3.8, 4) is 0 Å². The smallest absolute Gasteiger partial charge is 0.407 e. The summed E-state index contributed by atoms with van der Waals surface area (Å²) in [5, 5.41) is 2.98. The number of hydrogen-bond donors (Lipinski definition) is 1. The predicted octanol–water partition coefficient (Wildman–Crippen LogP) is 3.33. The number of ether oxygens (including phenoxy) is 1. The van der Waals surface area contributed by atoms with E-state index >= 15 is 0 Å². The number of carbonyl (C=O) groups excluding carboxylic acids is 1. The number of piperidine rings is 1. The quantitative estimate of drug-likeness (QED) is 0.804. The van der Waals surface area contributed by atoms with Gasteiger partial charge in [0.05, 0.1) is 0 Å². The molecule has 0 aromatic rings. The topological polar surface area (TPSA) is 41.6 Å². The monoisotopic (exact) mass is 282 g/mol. The molecule has 1 aliphatic heterocycles. The van der Waals surface area contributed by atoms with Crippen LogP contribution in [0, 0.1) is 0 Å². The van der Waals surface area contributed by atoms with Gasteiger partial charge in [0.1, 0.15) is 5.60 Å². The number of rotatable bonds is 4. The van der Waals surface area contributed by atoms with Gasteiger partial charge in [0.2, 0.25) is 0 Å². The Labute approximate surface area is 123 Å². The highest BCUT2D eigenvalue weighted by Crippen LogP contribution is 2.21. The van der Waals surface area contributed by atoms with E-state index in [0.717, 1.165) is 19.5 Å². The Hall–Kier alpha value is -1.03. The van der Waals surface area contributed by atoms with Crippen molar-refractivity contribution in [2.75, 3.05) is 13.1 Å². The Bertz CT molecular complexity index is 347. The van der Waals surface area contributed by atoms with Gasteiger partial charge in [0.25, 0.3) is 0 Å². The molecule has 1 fully saturated rings. The molecule has 4 nitrogen and oxygen atoms in total. The highest BCUT2D eigenvalue weighted by atomic mass is 16.6. The third kappa shape index (κ3) is 5.95. The van der Waals surface area contributed by atoms with Crippen molar-refractivity contribution >= 4 is 6.09 Å². The molecule has 0 spiro atoms. The van der Waals surface area contributed by atoms with Crippen molar-refractivity contribution in [3.05, 3.63) is 12.2 Å². The van der Waals surface area contributed by atoms with Gasteiger partial charge in [0.15, 0.2) is 0 Å². The van der Waals surface area contributed by atoms with Crippen LogP contribution in [0.25, 0.3) is 0 Å². The molecule has 1 rings (SSSR count). The lowest BCUT2D eigenvalue weighted by atomic mass is 9.96. The molecular weight excluding hydrogens is 252 g/mol. The van der Waals surface area contributed by atoms with E-state index in [0.29, 0.717) is 6.04 Å². The van der Waals surface area contributed by atoms with Crippen molar-refractivity contribution in [2.24, 2.45) is 0 Å². The van der Waals surface area contributed by atoms with Crippen LogP contribution in [-0.4, -0.2) is 41.8 Å². The third-order valence-electron chi connectivity index (χ3n) is 3.46. The van der Waals surface area contributed by atoms with Gasteiger partial charge in [-0.25, -0.2) is 4.79 Å². The fourth-order valence-electron chi connectivity index (χ4n) is 2.72. The first-order valence-corrected chi connectivity index (χ1v) is 7.57. The predicted molar refractivity (Wildman–Crippen MR) is 82.9 cm³/mol. The molecule has 1 amide bonds. The summed E-state index contributed by atoms with van der Waals surface area (Å²) in [6.07, 6.45) is 3.23. The lowest BCUT2D eigenvalue weighted by Crippen LogP contribution is -2.53. The Morgan fingerprint density at radius 1 is 1.45 bits per heavy atom. The van der Waals surface area contributed by atoms with Crippen LogP contribution >= 0.6 is 0 Å². The molecule has 1 aliphatic rings. The van der Waals surface area contributed by atoms with Crippen LogP contribution in [0.5, 0.6) is 0 Å². The van der Waals surface area contributed by atoms with E-state index in [9.17, 15) is 4.79 Å². The molecule has 1 heterocycles. The third-order valence-corrected chi connectivity index (χ3v) is 3.46. The molecule has 20 heavy (non-hydrogen) atoms. The Morgan fingerprint density at radius 3 is 2.65 bits per heavy atom. The number of amides is 1. The zero-order chi connectivity index (χ0) is 15.3. The van der Waals surface area contributed by atoms with Crippen molar-refractivity contribution < 1.29 is 9.53 Å². The van der Waals surface area contributed by atoms with E-state index in [1.165, 1.54) is 18.4 Å². The maximum absolute atomic E-state index is 11.9. The number of hydrogen-bond acceptors (Lipinski definition) is 3. The number of nitrogens with zero attached hydrogens (tertiary/aromatic N) is 1. The minimum absolute atomic E-state index is 0.0875. The fraction of sp³-hybridized carbons (Fsp3) is 0.812. The van der Waals surface area contributed by atoms with Crippen molar-refractivity contribution in [1.82, 2.24) is 10.2 Å². The summed E-state index contributed by atoms with van der Waals surface area (Å²) in [6, 6.07) is 0.456. The van der Waals surface area contributed by atoms with Gasteiger partial charge in [-0.05, 0) is 54.0 Å². The van der Waals surface area contributed by atoms with E-state index in [1.54, 1.807) is 0 Å². The van der Waals surface area contributed by atoms with E-state index in [4.69, 9.17) is 4.74 Å². The van der Waals surface area contributed by atoms with Crippen LogP contribution in [0.15, 0.2) is 12.2 Å². The molecule has 0 bridgehead atoms. The van der Waals surface area contributed by atoms with E-state index in [-0.39, 0.29) is 12.1 Å². The van der Waals surface area contributed by atoms with Crippen LogP contribution in [-0.2, 0) is 4.74 Å². The zero-order valence-corrected chi connectivity index (χ0v) is 13.7. The molecule has 0 aromatic carbocycles. The second-order valence-electron chi connectivity index (χ2n) is 6.93. The van der Waals surface area contributed by atoms with Gasteiger partial charge in [-0.15, -0.1) is 0 Å². The summed E-state index contributed by atoms with van der Waals surface area (Å²) >= 11 is 0. The van der Waals surface area contributed by atoms with Crippen LogP contribution < -0.4 is 5.32 Å². The normalized spacial score (nSPS) is 22.1. The van der Waals surface area contributed by atoms with Gasteiger partial charge in [-0.1, -0.05) is 18.6 Å². The molecule has 0 aromatic heterocycles. The van der Waals surface area contributed by atoms with Crippen molar-refractivity contribution in [1.29, 1.82) is 0 Å². The van der Waals surface area contributed by atoms with Gasteiger partial charge in [-0.3, -0.25) is 4.90 Å². The molecular formula is C16H30N2O2. The van der Waals surface area contributed by atoms with E-state index in [2.05, 4.69) is 30.6 Å². The lowest BCUT2D eigenvalue weighted by molar-refractivity contribution is 0.0450. The van der Waals surface area contributed by atoms with E-state index < -0.39 is 5.60 Å². The standard InChI is InChI=1S/C16H30N2O2/c1-12(2)11-18-10-8-7-9-14(18)13(3)17-15(19)20-16(4,5)6/h13-14H,1,7-11H2,2-6H3,(H,17,19)/t13-,14+/m0/s1. The number of alkyl carbamates (subject to hydrolysis) is 1. The van der Waals surface area contributed by atoms with Gasteiger partial charge in [0, 0.05) is 18.6 Å². The summed E-state index contributed by atoms with van der Waals surface area (Å²) < 4.78 is 5.33. The van der Waals surface area contributed by atoms with Gasteiger partial charge in [-0.2, -0.15) is 0 Å². The summed E-state index contributed by atoms with van der Waals surface area (Å²) in [5.74, 6) is 0. The molecule has 0 aliphatic carbocycles. The molecule has 1 saturated heterocycles. The van der Waals surface area contributed by atoms with Gasteiger partial charge >= 0.3 is 6.09 Å². The minimum Gasteiger partial charge on any atom is -0.444 e. The highest BCUT2D eigenvalue weighted by Gasteiger charge is 2.29. The molecule has 0 saturated carbocycles. The first-order valence-electron chi connectivity index (χ1n) is 7.57. The van der Waals surface area contributed by atoms with Crippen molar-refractivity contribution in [2.45, 2.75) is 71.6 Å². The Morgan fingerprint density at radius 2 is 2.10 bits per heavy atom. The highest BCUT2D eigenvalue weighted by molar-refractivity contribution is 5.68.